The van der Waals surface area contributed by atoms with Crippen LogP contribution in [0.3, 0.4) is 0 Å². The summed E-state index contributed by atoms with van der Waals surface area (Å²) in [6, 6.07) is 11.2. The number of hydrogen-bond acceptors (Lipinski definition) is 3. The molecule has 2 heterocycles. The van der Waals surface area contributed by atoms with E-state index in [2.05, 4.69) is 54.5 Å². The summed E-state index contributed by atoms with van der Waals surface area (Å²) in [6.45, 7) is 4.31. The number of nitrogens with one attached hydrogen (secondary N) is 1. The fraction of sp³-hybridized carbons (Fsp3) is 0.357. The summed E-state index contributed by atoms with van der Waals surface area (Å²) in [6.07, 6.45) is 0. The maximum atomic E-state index is 4.59. The Morgan fingerprint density at radius 2 is 2.18 bits per heavy atom. The molecule has 3 heteroatoms. The molecule has 0 aliphatic carbocycles. The van der Waals surface area contributed by atoms with E-state index in [1.807, 2.05) is 11.8 Å². The van der Waals surface area contributed by atoms with Crippen LogP contribution < -0.4 is 5.32 Å². The van der Waals surface area contributed by atoms with Crippen molar-refractivity contribution in [2.45, 2.75) is 25.3 Å². The normalized spacial score (nSPS) is 24.4. The summed E-state index contributed by atoms with van der Waals surface area (Å²) >= 11 is 1.99. The van der Waals surface area contributed by atoms with Crippen molar-refractivity contribution in [3.05, 3.63) is 41.6 Å². The molecule has 1 aliphatic rings. The van der Waals surface area contributed by atoms with Crippen LogP contribution in [0.15, 0.2) is 30.3 Å². The first-order chi connectivity index (χ1) is 8.24. The number of pyridine rings is 1. The molecule has 0 radical (unpaired) electrons. The maximum Gasteiger partial charge on any atom is 0.0799 e. The third-order valence-corrected chi connectivity index (χ3v) is 4.52. The smallest absolute Gasteiger partial charge is 0.0799 e. The van der Waals surface area contributed by atoms with E-state index in [0.717, 1.165) is 11.2 Å². The van der Waals surface area contributed by atoms with Crippen LogP contribution in [-0.4, -0.2) is 16.8 Å². The maximum absolute atomic E-state index is 4.59. The lowest BCUT2D eigenvalue weighted by Crippen LogP contribution is -2.22. The Bertz CT molecular complexity index is 553. The molecule has 2 nitrogen and oxygen atoms in total. The van der Waals surface area contributed by atoms with E-state index in [9.17, 15) is 0 Å². The monoisotopic (exact) mass is 244 g/mol. The number of aromatic nitrogens is 1. The van der Waals surface area contributed by atoms with Gasteiger partial charge in [-0.3, -0.25) is 10.3 Å². The van der Waals surface area contributed by atoms with Gasteiger partial charge >= 0.3 is 0 Å². The van der Waals surface area contributed by atoms with Gasteiger partial charge in [0.05, 0.1) is 10.9 Å². The van der Waals surface area contributed by atoms with Gasteiger partial charge in [-0.1, -0.05) is 18.2 Å². The molecule has 3 rings (SSSR count). The Labute approximate surface area is 106 Å². The highest BCUT2D eigenvalue weighted by molar-refractivity contribution is 7.99. The molecule has 1 saturated heterocycles. The molecule has 1 aliphatic heterocycles. The van der Waals surface area contributed by atoms with Gasteiger partial charge in [-0.05, 0) is 31.5 Å². The van der Waals surface area contributed by atoms with Gasteiger partial charge in [-0.25, -0.2) is 0 Å². The lowest BCUT2D eigenvalue weighted by atomic mass is 10.1. The van der Waals surface area contributed by atoms with Crippen LogP contribution in [0.2, 0.25) is 0 Å². The van der Waals surface area contributed by atoms with Crippen molar-refractivity contribution < 1.29 is 0 Å². The van der Waals surface area contributed by atoms with Crippen molar-refractivity contribution in [2.75, 3.05) is 5.75 Å². The molecule has 2 atom stereocenters. The average Bonchev–Trinajstić information content (AvgIpc) is 2.74. The van der Waals surface area contributed by atoms with E-state index in [-0.39, 0.29) is 0 Å². The predicted molar refractivity (Wildman–Crippen MR) is 74.3 cm³/mol. The van der Waals surface area contributed by atoms with Crippen LogP contribution in [-0.2, 0) is 0 Å². The van der Waals surface area contributed by atoms with Gasteiger partial charge in [0.1, 0.15) is 0 Å². The van der Waals surface area contributed by atoms with E-state index >= 15 is 0 Å². The summed E-state index contributed by atoms with van der Waals surface area (Å²) < 4.78 is 0. The van der Waals surface area contributed by atoms with Gasteiger partial charge < -0.3 is 0 Å². The molecule has 1 N–H and O–H groups in total. The number of rotatable bonds is 1. The topological polar surface area (TPSA) is 24.9 Å². The van der Waals surface area contributed by atoms with Gasteiger partial charge in [-0.2, -0.15) is 0 Å². The third-order valence-electron chi connectivity index (χ3n) is 3.11. The fourth-order valence-electron chi connectivity index (χ4n) is 2.33. The van der Waals surface area contributed by atoms with Crippen LogP contribution >= 0.6 is 11.8 Å². The first kappa shape index (κ1) is 11.1. The molecular weight excluding hydrogens is 228 g/mol. The molecule has 0 bridgehead atoms. The van der Waals surface area contributed by atoms with E-state index in [0.29, 0.717) is 11.4 Å². The zero-order valence-electron chi connectivity index (χ0n) is 10.1. The van der Waals surface area contributed by atoms with Crippen molar-refractivity contribution >= 4 is 22.7 Å². The second-order valence-electron chi connectivity index (χ2n) is 4.65. The first-order valence-electron chi connectivity index (χ1n) is 5.98. The van der Waals surface area contributed by atoms with E-state index in [1.54, 1.807) is 0 Å². The minimum absolute atomic E-state index is 0.414. The van der Waals surface area contributed by atoms with E-state index in [4.69, 9.17) is 0 Å². The largest absolute Gasteiger partial charge is 0.298 e. The highest BCUT2D eigenvalue weighted by Crippen LogP contribution is 2.36. The Balaban J connectivity index is 2.14. The zero-order chi connectivity index (χ0) is 11.8. The van der Waals surface area contributed by atoms with Crippen molar-refractivity contribution in [3.63, 3.8) is 0 Å². The van der Waals surface area contributed by atoms with Crippen LogP contribution in [0.25, 0.3) is 10.9 Å². The molecule has 2 unspecified atom stereocenters. The first-order valence-corrected chi connectivity index (χ1v) is 7.03. The number of thioether (sulfide) groups is 1. The average molecular weight is 244 g/mol. The highest BCUT2D eigenvalue weighted by atomic mass is 32.2. The predicted octanol–water partition coefficient (Wildman–Crippen LogP) is 3.27. The minimum atomic E-state index is 0.414. The molecule has 17 heavy (non-hydrogen) atoms. The minimum Gasteiger partial charge on any atom is -0.298 e. The van der Waals surface area contributed by atoms with Crippen LogP contribution in [0.1, 0.15) is 23.6 Å². The molecule has 0 amide bonds. The SMILES string of the molecule is Cc1cc(C2NC(C)CS2)c2ccccc2n1. The van der Waals surface area contributed by atoms with E-state index in [1.165, 1.54) is 16.7 Å². The number of aryl methyl sites for hydroxylation is 1. The van der Waals surface area contributed by atoms with Gasteiger partial charge in [0.25, 0.3) is 0 Å². The Morgan fingerprint density at radius 3 is 2.94 bits per heavy atom. The number of fused-ring (bicyclic) bond motifs is 1. The fourth-order valence-corrected chi connectivity index (χ4v) is 3.61. The Kier molecular flexibility index (Phi) is 2.81. The summed E-state index contributed by atoms with van der Waals surface area (Å²) in [5.74, 6) is 1.18. The van der Waals surface area contributed by atoms with Crippen LogP contribution in [0, 0.1) is 6.92 Å². The lowest BCUT2D eigenvalue weighted by Gasteiger charge is -2.14. The number of benzene rings is 1. The lowest BCUT2D eigenvalue weighted by molar-refractivity contribution is 0.620. The van der Waals surface area contributed by atoms with Gasteiger partial charge in [0, 0.05) is 22.9 Å². The number of hydrogen-bond donors (Lipinski definition) is 1. The zero-order valence-corrected chi connectivity index (χ0v) is 10.9. The van der Waals surface area contributed by atoms with Crippen molar-refractivity contribution in [1.82, 2.24) is 10.3 Å². The second kappa shape index (κ2) is 4.31. The molecule has 0 saturated carbocycles. The number of para-hydroxylation sites is 1. The number of nitrogens with zero attached hydrogens (tertiary/aromatic N) is 1. The van der Waals surface area contributed by atoms with Crippen LogP contribution in [0.5, 0.6) is 0 Å². The summed E-state index contributed by atoms with van der Waals surface area (Å²) in [4.78, 5) is 4.59. The molecule has 1 fully saturated rings. The molecule has 88 valence electrons. The quantitative estimate of drug-likeness (QED) is 0.833. The van der Waals surface area contributed by atoms with Gasteiger partial charge in [0.15, 0.2) is 0 Å². The second-order valence-corrected chi connectivity index (χ2v) is 5.79. The standard InChI is InChI=1S/C14H16N2S/c1-9-7-12(14-16-10(2)8-17-14)11-5-3-4-6-13(11)15-9/h3-7,10,14,16H,8H2,1-2H3. The molecule has 1 aromatic heterocycles. The molecule has 0 spiro atoms. The molecule has 2 aromatic rings. The highest BCUT2D eigenvalue weighted by Gasteiger charge is 2.24. The van der Waals surface area contributed by atoms with Crippen LogP contribution in [0.4, 0.5) is 0 Å². The Morgan fingerprint density at radius 1 is 1.35 bits per heavy atom. The van der Waals surface area contributed by atoms with Gasteiger partial charge in [-0.15, -0.1) is 11.8 Å². The summed E-state index contributed by atoms with van der Waals surface area (Å²) in [7, 11) is 0. The molecular formula is C14H16N2S. The van der Waals surface area contributed by atoms with E-state index < -0.39 is 0 Å². The summed E-state index contributed by atoms with van der Waals surface area (Å²) in [5, 5.41) is 5.31. The van der Waals surface area contributed by atoms with Gasteiger partial charge in [0.2, 0.25) is 0 Å². The summed E-state index contributed by atoms with van der Waals surface area (Å²) in [5.41, 5.74) is 3.58. The third kappa shape index (κ3) is 2.05. The Hall–Kier alpha value is -1.06. The van der Waals surface area contributed by atoms with Crippen molar-refractivity contribution in [1.29, 1.82) is 0 Å². The molecule has 1 aromatic carbocycles. The van der Waals surface area contributed by atoms with Crippen molar-refractivity contribution in [2.24, 2.45) is 0 Å². The van der Waals surface area contributed by atoms with Crippen molar-refractivity contribution in [3.8, 4) is 0 Å².